The molecule has 0 radical (unpaired) electrons. The Balaban J connectivity index is 1.28. The van der Waals surface area contributed by atoms with Crippen molar-refractivity contribution in [1.82, 2.24) is 14.4 Å². The molecule has 6 nitrogen and oxygen atoms in total. The number of hydrogen-bond donors (Lipinski definition) is 0. The smallest absolute Gasteiger partial charge is 0.270 e. The van der Waals surface area contributed by atoms with Crippen molar-refractivity contribution >= 4 is 33.4 Å². The van der Waals surface area contributed by atoms with Crippen molar-refractivity contribution in [2.24, 2.45) is 0 Å². The molecule has 0 unspecified atom stereocenters. The van der Waals surface area contributed by atoms with E-state index in [0.717, 1.165) is 15.8 Å². The number of fused-ring (bicyclic) bond motifs is 1. The number of carbonyl (C=O) groups excluding carboxylic acids is 2. The molecule has 3 heterocycles. The van der Waals surface area contributed by atoms with Crippen LogP contribution in [0.5, 0.6) is 5.75 Å². The number of carbonyl (C=O) groups is 2. The van der Waals surface area contributed by atoms with E-state index in [0.29, 0.717) is 37.6 Å². The van der Waals surface area contributed by atoms with Gasteiger partial charge in [0.25, 0.3) is 11.8 Å². The first-order valence-corrected chi connectivity index (χ1v) is 12.5. The molecule has 4 aromatic rings. The Morgan fingerprint density at radius 1 is 1.06 bits per heavy atom. The molecule has 2 aromatic heterocycles. The number of amides is 2. The second kappa shape index (κ2) is 9.92. The molecule has 0 N–H and O–H groups in total. The van der Waals surface area contributed by atoms with Crippen LogP contribution in [0.15, 0.2) is 72.1 Å². The fraction of sp³-hybridized carbons (Fsp3) is 0.259. The second-order valence-corrected chi connectivity index (χ2v) is 9.61. The number of piperazine rings is 1. The van der Waals surface area contributed by atoms with Crippen molar-refractivity contribution in [3.63, 3.8) is 0 Å². The molecule has 0 saturated carbocycles. The summed E-state index contributed by atoms with van der Waals surface area (Å²) in [5, 5.41) is 2.99. The number of para-hydroxylation sites is 1. The number of aromatic nitrogens is 1. The summed E-state index contributed by atoms with van der Waals surface area (Å²) in [6, 6.07) is 19.5. The maximum Gasteiger partial charge on any atom is 0.270 e. The van der Waals surface area contributed by atoms with Crippen LogP contribution < -0.4 is 4.74 Å². The molecule has 2 aromatic carbocycles. The van der Waals surface area contributed by atoms with Crippen molar-refractivity contribution in [3.8, 4) is 5.75 Å². The van der Waals surface area contributed by atoms with Crippen LogP contribution in [-0.2, 0) is 11.3 Å². The zero-order valence-corrected chi connectivity index (χ0v) is 20.2. The predicted octanol–water partition coefficient (Wildman–Crippen LogP) is 4.64. The first-order chi connectivity index (χ1) is 17.0. The van der Waals surface area contributed by atoms with E-state index in [1.165, 1.54) is 12.1 Å². The topological polar surface area (TPSA) is 54.8 Å². The van der Waals surface area contributed by atoms with Gasteiger partial charge >= 0.3 is 0 Å². The maximum absolute atomic E-state index is 13.8. The molecular weight excluding hydrogens is 465 g/mol. The third-order valence-corrected chi connectivity index (χ3v) is 7.24. The van der Waals surface area contributed by atoms with Gasteiger partial charge < -0.3 is 19.1 Å². The highest BCUT2D eigenvalue weighted by Crippen LogP contribution is 2.28. The largest absolute Gasteiger partial charge is 0.484 e. The summed E-state index contributed by atoms with van der Waals surface area (Å²) in [5.74, 6) is 0.185. The second-order valence-electron chi connectivity index (χ2n) is 8.72. The number of nitrogens with zero attached hydrogens (tertiary/aromatic N) is 3. The van der Waals surface area contributed by atoms with Crippen LogP contribution in [0, 0.1) is 5.82 Å². The molecule has 1 atom stereocenters. The SMILES string of the molecule is C[C@@H]1CN(C(=O)c2cc3ccsc3n2Cc2cccc(F)c2)CCN1C(=O)COc1ccccc1. The van der Waals surface area contributed by atoms with Crippen LogP contribution in [-0.4, -0.2) is 58.5 Å². The number of ether oxygens (including phenoxy) is 1. The predicted molar refractivity (Wildman–Crippen MR) is 134 cm³/mol. The number of thiophene rings is 1. The Bertz CT molecular complexity index is 1350. The number of hydrogen-bond acceptors (Lipinski definition) is 4. The Kier molecular flexibility index (Phi) is 6.55. The van der Waals surface area contributed by atoms with Crippen molar-refractivity contribution in [3.05, 3.63) is 89.2 Å². The molecule has 1 aliphatic heterocycles. The minimum atomic E-state index is -0.296. The minimum absolute atomic E-state index is 0.0327. The Morgan fingerprint density at radius 3 is 2.66 bits per heavy atom. The molecular formula is C27H26FN3O3S. The van der Waals surface area contributed by atoms with E-state index in [2.05, 4.69) is 0 Å². The summed E-state index contributed by atoms with van der Waals surface area (Å²) < 4.78 is 21.4. The average Bonchev–Trinajstić information content (AvgIpc) is 3.45. The molecule has 1 saturated heterocycles. The lowest BCUT2D eigenvalue weighted by Gasteiger charge is -2.39. The summed E-state index contributed by atoms with van der Waals surface area (Å²) >= 11 is 1.56. The monoisotopic (exact) mass is 491 g/mol. The Labute approximate surface area is 207 Å². The van der Waals surface area contributed by atoms with Crippen LogP contribution in [0.3, 0.4) is 0 Å². The van der Waals surface area contributed by atoms with Gasteiger partial charge in [0.2, 0.25) is 0 Å². The summed E-state index contributed by atoms with van der Waals surface area (Å²) in [4.78, 5) is 30.9. The van der Waals surface area contributed by atoms with Gasteiger partial charge in [-0.15, -0.1) is 11.3 Å². The normalized spacial score (nSPS) is 16.0. The molecule has 180 valence electrons. The van der Waals surface area contributed by atoms with E-state index < -0.39 is 0 Å². The van der Waals surface area contributed by atoms with Crippen molar-refractivity contribution in [2.75, 3.05) is 26.2 Å². The van der Waals surface area contributed by atoms with Gasteiger partial charge in [-0.05, 0) is 54.3 Å². The van der Waals surface area contributed by atoms with Gasteiger partial charge in [0.15, 0.2) is 6.61 Å². The summed E-state index contributed by atoms with van der Waals surface area (Å²) in [6.07, 6.45) is 0. The van der Waals surface area contributed by atoms with Crippen molar-refractivity contribution in [2.45, 2.75) is 19.5 Å². The summed E-state index contributed by atoms with van der Waals surface area (Å²) in [5.41, 5.74) is 1.38. The fourth-order valence-electron chi connectivity index (χ4n) is 4.55. The molecule has 2 amide bonds. The first-order valence-electron chi connectivity index (χ1n) is 11.6. The number of halogens is 1. The van der Waals surface area contributed by atoms with Gasteiger partial charge in [-0.25, -0.2) is 4.39 Å². The van der Waals surface area contributed by atoms with Crippen molar-refractivity contribution in [1.29, 1.82) is 0 Å². The van der Waals surface area contributed by atoms with Crippen LogP contribution in [0.2, 0.25) is 0 Å². The molecule has 1 aliphatic rings. The number of rotatable bonds is 6. The van der Waals surface area contributed by atoms with Gasteiger partial charge in [-0.3, -0.25) is 9.59 Å². The maximum atomic E-state index is 13.8. The van der Waals surface area contributed by atoms with Crippen LogP contribution in [0.4, 0.5) is 4.39 Å². The molecule has 8 heteroatoms. The van der Waals surface area contributed by atoms with Gasteiger partial charge in [0.1, 0.15) is 22.1 Å². The quantitative estimate of drug-likeness (QED) is 0.395. The molecule has 0 aliphatic carbocycles. The lowest BCUT2D eigenvalue weighted by Crippen LogP contribution is -2.56. The average molecular weight is 492 g/mol. The lowest BCUT2D eigenvalue weighted by molar-refractivity contribution is -0.137. The van der Waals surface area contributed by atoms with Crippen LogP contribution >= 0.6 is 11.3 Å². The van der Waals surface area contributed by atoms with Crippen LogP contribution in [0.1, 0.15) is 23.0 Å². The van der Waals surface area contributed by atoms with Crippen molar-refractivity contribution < 1.29 is 18.7 Å². The fourth-order valence-corrected chi connectivity index (χ4v) is 5.44. The lowest BCUT2D eigenvalue weighted by atomic mass is 10.1. The first kappa shape index (κ1) is 23.1. The van der Waals surface area contributed by atoms with Crippen LogP contribution in [0.25, 0.3) is 10.2 Å². The highest BCUT2D eigenvalue weighted by molar-refractivity contribution is 7.16. The third kappa shape index (κ3) is 4.93. The zero-order chi connectivity index (χ0) is 24.4. The number of benzene rings is 2. The highest BCUT2D eigenvalue weighted by Gasteiger charge is 2.32. The van der Waals surface area contributed by atoms with E-state index in [1.807, 2.05) is 65.4 Å². The molecule has 0 spiro atoms. The third-order valence-electron chi connectivity index (χ3n) is 6.29. The molecule has 5 rings (SSSR count). The summed E-state index contributed by atoms with van der Waals surface area (Å²) in [6.45, 7) is 3.66. The van der Waals surface area contributed by atoms with E-state index in [1.54, 1.807) is 27.2 Å². The van der Waals surface area contributed by atoms with Gasteiger partial charge in [0.05, 0.1) is 0 Å². The molecule has 0 bridgehead atoms. The van der Waals surface area contributed by atoms with Gasteiger partial charge in [-0.2, -0.15) is 0 Å². The van der Waals surface area contributed by atoms with E-state index in [9.17, 15) is 14.0 Å². The standard InChI is InChI=1S/C27H26FN3O3S/c1-19-16-29(11-12-30(19)25(32)18-34-23-8-3-2-4-9-23)26(33)24-15-21-10-13-35-27(21)31(24)17-20-6-5-7-22(28)14-20/h2-10,13-15,19H,11-12,16-18H2,1H3/t19-/m1/s1. The van der Waals surface area contributed by atoms with Gasteiger partial charge in [0, 0.05) is 37.6 Å². The Hall–Kier alpha value is -3.65. The highest BCUT2D eigenvalue weighted by atomic mass is 32.1. The Morgan fingerprint density at radius 2 is 1.89 bits per heavy atom. The van der Waals surface area contributed by atoms with E-state index >= 15 is 0 Å². The minimum Gasteiger partial charge on any atom is -0.484 e. The van der Waals surface area contributed by atoms with E-state index in [-0.39, 0.29) is 30.3 Å². The molecule has 1 fully saturated rings. The zero-order valence-electron chi connectivity index (χ0n) is 19.4. The molecule has 35 heavy (non-hydrogen) atoms. The van der Waals surface area contributed by atoms with E-state index in [4.69, 9.17) is 4.74 Å². The summed E-state index contributed by atoms with van der Waals surface area (Å²) in [7, 11) is 0. The van der Waals surface area contributed by atoms with Gasteiger partial charge in [-0.1, -0.05) is 30.3 Å².